The van der Waals surface area contributed by atoms with Gasteiger partial charge in [-0.3, -0.25) is 4.79 Å². The summed E-state index contributed by atoms with van der Waals surface area (Å²) in [7, 11) is 0. The van der Waals surface area contributed by atoms with Crippen LogP contribution in [0.3, 0.4) is 0 Å². The average molecular weight is 391 g/mol. The van der Waals surface area contributed by atoms with Gasteiger partial charge in [-0.2, -0.15) is 0 Å². The summed E-state index contributed by atoms with van der Waals surface area (Å²) >= 11 is 0. The molecule has 160 valence electrons. The van der Waals surface area contributed by atoms with Crippen molar-refractivity contribution in [1.82, 2.24) is 0 Å². The Kier molecular flexibility index (Phi) is 10.6. The highest BCUT2D eigenvalue weighted by Crippen LogP contribution is 2.38. The molecule has 28 heavy (non-hydrogen) atoms. The molecule has 0 aromatic heterocycles. The first kappa shape index (κ1) is 24.5. The van der Waals surface area contributed by atoms with Gasteiger partial charge in [0.25, 0.3) is 0 Å². The second kappa shape index (κ2) is 12.1. The van der Waals surface area contributed by atoms with Crippen LogP contribution < -0.4 is 0 Å². The summed E-state index contributed by atoms with van der Waals surface area (Å²) in [6.07, 6.45) is 11.8. The van der Waals surface area contributed by atoms with E-state index in [1.807, 2.05) is 19.1 Å². The third kappa shape index (κ3) is 8.24. The van der Waals surface area contributed by atoms with Crippen molar-refractivity contribution < 1.29 is 15.0 Å². The highest BCUT2D eigenvalue weighted by atomic mass is 16.4. The van der Waals surface area contributed by atoms with Gasteiger partial charge >= 0.3 is 5.97 Å². The maximum atomic E-state index is 11.5. The SMILES string of the molecule is CCCCCCCCCCC(CC(=O)O)c1cc(CC)c(O)c(C(C)(C)C)c1. The van der Waals surface area contributed by atoms with Crippen molar-refractivity contribution in [2.75, 3.05) is 0 Å². The zero-order valence-electron chi connectivity index (χ0n) is 18.8. The van der Waals surface area contributed by atoms with Crippen molar-refractivity contribution in [3.8, 4) is 5.75 Å². The number of aromatic hydroxyl groups is 1. The molecule has 0 amide bonds. The van der Waals surface area contributed by atoms with E-state index in [0.717, 1.165) is 36.0 Å². The largest absolute Gasteiger partial charge is 0.507 e. The number of benzene rings is 1. The normalized spacial score (nSPS) is 12.9. The van der Waals surface area contributed by atoms with Crippen molar-refractivity contribution in [3.63, 3.8) is 0 Å². The van der Waals surface area contributed by atoms with Gasteiger partial charge in [0.2, 0.25) is 0 Å². The van der Waals surface area contributed by atoms with E-state index >= 15 is 0 Å². The summed E-state index contributed by atoms with van der Waals surface area (Å²) in [4.78, 5) is 11.5. The van der Waals surface area contributed by atoms with Gasteiger partial charge in [0.05, 0.1) is 6.42 Å². The molecule has 0 aliphatic rings. The van der Waals surface area contributed by atoms with Crippen LogP contribution in [0.1, 0.15) is 121 Å². The Balaban J connectivity index is 2.82. The molecule has 1 atom stereocenters. The number of aryl methyl sites for hydroxylation is 1. The molecule has 0 radical (unpaired) electrons. The third-order valence-electron chi connectivity index (χ3n) is 5.70. The standard InChI is InChI=1S/C25H42O3/c1-6-8-9-10-11-12-13-14-15-20(18-23(26)27)21-16-19(7-2)24(28)22(17-21)25(3,4)5/h16-17,20,28H,6-15,18H2,1-5H3,(H,26,27). The number of aliphatic carboxylic acids is 1. The van der Waals surface area contributed by atoms with Gasteiger partial charge in [0.15, 0.2) is 0 Å². The second-order valence-electron chi connectivity index (χ2n) is 9.24. The summed E-state index contributed by atoms with van der Waals surface area (Å²) < 4.78 is 0. The maximum Gasteiger partial charge on any atom is 0.303 e. The summed E-state index contributed by atoms with van der Waals surface area (Å²) in [5.41, 5.74) is 2.75. The quantitative estimate of drug-likeness (QED) is 0.346. The number of carboxylic acids is 1. The smallest absolute Gasteiger partial charge is 0.303 e. The minimum absolute atomic E-state index is 0.0181. The van der Waals surface area contributed by atoms with E-state index in [2.05, 4.69) is 27.7 Å². The van der Waals surface area contributed by atoms with Crippen LogP contribution in [-0.4, -0.2) is 16.2 Å². The van der Waals surface area contributed by atoms with E-state index in [0.29, 0.717) is 5.75 Å². The van der Waals surface area contributed by atoms with Crippen molar-refractivity contribution >= 4 is 5.97 Å². The zero-order chi connectivity index (χ0) is 21.2. The molecule has 1 rings (SSSR count). The summed E-state index contributed by atoms with van der Waals surface area (Å²) in [5.74, 6) is -0.350. The van der Waals surface area contributed by atoms with Gasteiger partial charge < -0.3 is 10.2 Å². The van der Waals surface area contributed by atoms with Crippen LogP contribution in [-0.2, 0) is 16.6 Å². The molecule has 1 aromatic carbocycles. The predicted molar refractivity (Wildman–Crippen MR) is 118 cm³/mol. The summed E-state index contributed by atoms with van der Waals surface area (Å²) in [5, 5.41) is 20.1. The van der Waals surface area contributed by atoms with Crippen LogP contribution in [0.4, 0.5) is 0 Å². The van der Waals surface area contributed by atoms with Crippen LogP contribution in [0.15, 0.2) is 12.1 Å². The molecular weight excluding hydrogens is 348 g/mol. The van der Waals surface area contributed by atoms with Gasteiger partial charge in [0.1, 0.15) is 5.75 Å². The minimum Gasteiger partial charge on any atom is -0.507 e. The summed E-state index contributed by atoms with van der Waals surface area (Å²) in [6.45, 7) is 10.6. The van der Waals surface area contributed by atoms with E-state index in [9.17, 15) is 15.0 Å². The minimum atomic E-state index is -0.743. The van der Waals surface area contributed by atoms with Crippen LogP contribution >= 0.6 is 0 Å². The lowest BCUT2D eigenvalue weighted by atomic mass is 9.80. The molecule has 0 heterocycles. The monoisotopic (exact) mass is 390 g/mol. The molecule has 0 aliphatic heterocycles. The zero-order valence-corrected chi connectivity index (χ0v) is 18.8. The van der Waals surface area contributed by atoms with Crippen LogP contribution in [0.2, 0.25) is 0 Å². The van der Waals surface area contributed by atoms with Gasteiger partial charge in [0, 0.05) is 0 Å². The average Bonchev–Trinajstić information content (AvgIpc) is 2.62. The number of rotatable bonds is 13. The molecule has 1 unspecified atom stereocenters. The molecule has 0 saturated carbocycles. The molecule has 0 aliphatic carbocycles. The molecule has 0 saturated heterocycles. The molecule has 3 nitrogen and oxygen atoms in total. The maximum absolute atomic E-state index is 11.5. The number of carboxylic acid groups (broad SMARTS) is 1. The molecule has 0 spiro atoms. The van der Waals surface area contributed by atoms with Crippen LogP contribution in [0, 0.1) is 0 Å². The highest BCUT2D eigenvalue weighted by molar-refractivity contribution is 5.68. The van der Waals surface area contributed by atoms with E-state index in [1.54, 1.807) is 0 Å². The Bertz CT molecular complexity index is 599. The Morgan fingerprint density at radius 2 is 1.54 bits per heavy atom. The first-order valence-electron chi connectivity index (χ1n) is 11.3. The van der Waals surface area contributed by atoms with Gasteiger partial charge in [-0.1, -0.05) is 98.1 Å². The Hall–Kier alpha value is -1.51. The number of unbranched alkanes of at least 4 members (excludes halogenated alkanes) is 7. The number of hydrogen-bond donors (Lipinski definition) is 2. The topological polar surface area (TPSA) is 57.5 Å². The van der Waals surface area contributed by atoms with E-state index in [4.69, 9.17) is 0 Å². The molecular formula is C25H42O3. The van der Waals surface area contributed by atoms with Crippen molar-refractivity contribution in [1.29, 1.82) is 0 Å². The molecule has 2 N–H and O–H groups in total. The fourth-order valence-corrected chi connectivity index (χ4v) is 3.92. The summed E-state index contributed by atoms with van der Waals surface area (Å²) in [6, 6.07) is 4.08. The molecule has 3 heteroatoms. The number of phenols is 1. The van der Waals surface area contributed by atoms with Gasteiger partial charge in [-0.25, -0.2) is 0 Å². The van der Waals surface area contributed by atoms with Crippen molar-refractivity contribution in [3.05, 3.63) is 28.8 Å². The van der Waals surface area contributed by atoms with E-state index in [-0.39, 0.29) is 17.8 Å². The lowest BCUT2D eigenvalue weighted by Gasteiger charge is -2.25. The Morgan fingerprint density at radius 1 is 0.964 bits per heavy atom. The number of hydrogen-bond acceptors (Lipinski definition) is 2. The van der Waals surface area contributed by atoms with E-state index < -0.39 is 5.97 Å². The molecule has 0 bridgehead atoms. The number of phenolic OH excluding ortho intramolecular Hbond substituents is 1. The second-order valence-corrected chi connectivity index (χ2v) is 9.24. The Labute approximate surface area is 172 Å². The number of carbonyl (C=O) groups is 1. The van der Waals surface area contributed by atoms with Crippen molar-refractivity contribution in [2.45, 2.75) is 117 Å². The first-order chi connectivity index (χ1) is 13.2. The fourth-order valence-electron chi connectivity index (χ4n) is 3.92. The fraction of sp³-hybridized carbons (Fsp3) is 0.720. The van der Waals surface area contributed by atoms with Crippen LogP contribution in [0.5, 0.6) is 5.75 Å². The Morgan fingerprint density at radius 3 is 2.04 bits per heavy atom. The molecule has 1 aromatic rings. The van der Waals surface area contributed by atoms with Crippen LogP contribution in [0.25, 0.3) is 0 Å². The van der Waals surface area contributed by atoms with Gasteiger partial charge in [-0.05, 0) is 40.9 Å². The third-order valence-corrected chi connectivity index (χ3v) is 5.70. The predicted octanol–water partition coefficient (Wildman–Crippen LogP) is 7.34. The van der Waals surface area contributed by atoms with Gasteiger partial charge in [-0.15, -0.1) is 0 Å². The lowest BCUT2D eigenvalue weighted by Crippen LogP contribution is -2.14. The highest BCUT2D eigenvalue weighted by Gasteiger charge is 2.24. The van der Waals surface area contributed by atoms with Crippen molar-refractivity contribution in [2.24, 2.45) is 0 Å². The van der Waals surface area contributed by atoms with E-state index in [1.165, 1.54) is 44.9 Å². The first-order valence-corrected chi connectivity index (χ1v) is 11.3. The lowest BCUT2D eigenvalue weighted by molar-refractivity contribution is -0.137. The molecule has 0 fully saturated rings.